The molecule has 0 fully saturated rings. The van der Waals surface area contributed by atoms with E-state index in [-0.39, 0.29) is 6.04 Å². The number of rotatable bonds is 4. The SMILES string of the molecule is CCCC(c1cccs1)n1c(N)n[nH]c1=S. The maximum atomic E-state index is 5.84. The van der Waals surface area contributed by atoms with Crippen LogP contribution in [0.1, 0.15) is 30.7 Å². The largest absolute Gasteiger partial charge is 0.368 e. The molecule has 2 aromatic heterocycles. The zero-order valence-electron chi connectivity index (χ0n) is 9.01. The van der Waals surface area contributed by atoms with Crippen LogP contribution in [0.25, 0.3) is 0 Å². The van der Waals surface area contributed by atoms with E-state index in [4.69, 9.17) is 18.0 Å². The van der Waals surface area contributed by atoms with Gasteiger partial charge in [-0.1, -0.05) is 19.4 Å². The molecular formula is C10H14N4S2. The number of aromatic nitrogens is 3. The number of nitrogens with one attached hydrogen (secondary N) is 1. The molecule has 2 rings (SSSR count). The van der Waals surface area contributed by atoms with Gasteiger partial charge < -0.3 is 5.73 Å². The normalized spacial score (nSPS) is 12.8. The van der Waals surface area contributed by atoms with Gasteiger partial charge in [-0.15, -0.1) is 16.4 Å². The zero-order chi connectivity index (χ0) is 11.5. The van der Waals surface area contributed by atoms with Crippen LogP contribution in [0.5, 0.6) is 0 Å². The molecule has 1 atom stereocenters. The van der Waals surface area contributed by atoms with Crippen LogP contribution < -0.4 is 5.73 Å². The summed E-state index contributed by atoms with van der Waals surface area (Å²) < 4.78 is 2.48. The molecule has 0 saturated carbocycles. The quantitative estimate of drug-likeness (QED) is 0.825. The standard InChI is InChI=1S/C10H14N4S2/c1-2-4-7(8-5-3-6-16-8)14-9(11)12-13-10(14)15/h3,5-7H,2,4H2,1H3,(H2,11,12)(H,13,15). The molecule has 86 valence electrons. The molecule has 0 aliphatic heterocycles. The number of H-pyrrole nitrogens is 1. The summed E-state index contributed by atoms with van der Waals surface area (Å²) in [6, 6.07) is 4.36. The molecule has 0 spiro atoms. The molecule has 4 nitrogen and oxygen atoms in total. The van der Waals surface area contributed by atoms with Gasteiger partial charge in [0.25, 0.3) is 0 Å². The van der Waals surface area contributed by atoms with E-state index >= 15 is 0 Å². The van der Waals surface area contributed by atoms with Crippen LogP contribution in [-0.2, 0) is 0 Å². The van der Waals surface area contributed by atoms with E-state index < -0.39 is 0 Å². The third kappa shape index (κ3) is 2.03. The van der Waals surface area contributed by atoms with E-state index in [0.29, 0.717) is 10.7 Å². The first-order valence-corrected chi connectivity index (χ1v) is 6.48. The predicted molar refractivity (Wildman–Crippen MR) is 69.2 cm³/mol. The summed E-state index contributed by atoms with van der Waals surface area (Å²) in [6.45, 7) is 2.15. The number of thiophene rings is 1. The summed E-state index contributed by atoms with van der Waals surface area (Å²) in [6.07, 6.45) is 2.09. The summed E-state index contributed by atoms with van der Waals surface area (Å²) >= 11 is 6.93. The first kappa shape index (κ1) is 11.3. The van der Waals surface area contributed by atoms with Crippen molar-refractivity contribution in [1.82, 2.24) is 14.8 Å². The fourth-order valence-electron chi connectivity index (χ4n) is 1.77. The molecule has 0 aliphatic rings. The van der Waals surface area contributed by atoms with Crippen LogP contribution in [0.15, 0.2) is 17.5 Å². The Bertz CT molecular complexity index is 497. The second-order valence-electron chi connectivity index (χ2n) is 3.58. The Morgan fingerprint density at radius 1 is 1.69 bits per heavy atom. The Labute approximate surface area is 103 Å². The smallest absolute Gasteiger partial charge is 0.221 e. The molecule has 3 N–H and O–H groups in total. The highest BCUT2D eigenvalue weighted by molar-refractivity contribution is 7.71. The van der Waals surface area contributed by atoms with Gasteiger partial charge in [0.1, 0.15) is 0 Å². The molecule has 2 heterocycles. The Balaban J connectivity index is 2.44. The van der Waals surface area contributed by atoms with Crippen molar-refractivity contribution in [3.05, 3.63) is 27.2 Å². The molecule has 2 aromatic rings. The number of anilines is 1. The van der Waals surface area contributed by atoms with Crippen molar-refractivity contribution >= 4 is 29.5 Å². The molecular weight excluding hydrogens is 240 g/mol. The van der Waals surface area contributed by atoms with E-state index in [1.807, 2.05) is 10.6 Å². The second-order valence-corrected chi connectivity index (χ2v) is 4.94. The van der Waals surface area contributed by atoms with Gasteiger partial charge in [0.15, 0.2) is 4.77 Å². The second kappa shape index (κ2) is 4.80. The van der Waals surface area contributed by atoms with E-state index in [9.17, 15) is 0 Å². The Morgan fingerprint density at radius 3 is 3.00 bits per heavy atom. The maximum Gasteiger partial charge on any atom is 0.221 e. The maximum absolute atomic E-state index is 5.84. The fourth-order valence-corrected chi connectivity index (χ4v) is 2.89. The van der Waals surface area contributed by atoms with Crippen molar-refractivity contribution in [2.45, 2.75) is 25.8 Å². The van der Waals surface area contributed by atoms with Crippen LogP contribution in [-0.4, -0.2) is 14.8 Å². The summed E-state index contributed by atoms with van der Waals surface area (Å²) in [4.78, 5) is 1.27. The average molecular weight is 254 g/mol. The first-order chi connectivity index (χ1) is 7.74. The minimum atomic E-state index is 0.205. The van der Waals surface area contributed by atoms with Gasteiger partial charge in [-0.05, 0) is 30.1 Å². The van der Waals surface area contributed by atoms with Crippen molar-refractivity contribution < 1.29 is 0 Å². The monoisotopic (exact) mass is 254 g/mol. The van der Waals surface area contributed by atoms with Crippen molar-refractivity contribution in [2.75, 3.05) is 5.73 Å². The summed E-state index contributed by atoms with van der Waals surface area (Å²) in [5.74, 6) is 0.455. The van der Waals surface area contributed by atoms with E-state index in [2.05, 4.69) is 28.6 Å². The number of nitrogens with two attached hydrogens (primary N) is 1. The minimum Gasteiger partial charge on any atom is -0.368 e. The average Bonchev–Trinajstić information content (AvgIpc) is 2.87. The molecule has 0 amide bonds. The minimum absolute atomic E-state index is 0.205. The van der Waals surface area contributed by atoms with Crippen LogP contribution in [0.4, 0.5) is 5.95 Å². The lowest BCUT2D eigenvalue weighted by molar-refractivity contribution is 0.541. The van der Waals surface area contributed by atoms with Gasteiger partial charge in [-0.25, -0.2) is 5.10 Å². The van der Waals surface area contributed by atoms with Crippen LogP contribution in [0.2, 0.25) is 0 Å². The third-order valence-electron chi connectivity index (χ3n) is 2.48. The van der Waals surface area contributed by atoms with Gasteiger partial charge in [-0.3, -0.25) is 4.57 Å². The van der Waals surface area contributed by atoms with Gasteiger partial charge in [0.05, 0.1) is 6.04 Å². The fraction of sp³-hybridized carbons (Fsp3) is 0.400. The van der Waals surface area contributed by atoms with Crippen LogP contribution in [0, 0.1) is 4.77 Å². The highest BCUT2D eigenvalue weighted by atomic mass is 32.1. The van der Waals surface area contributed by atoms with Crippen LogP contribution >= 0.6 is 23.6 Å². The van der Waals surface area contributed by atoms with Gasteiger partial charge in [-0.2, -0.15) is 0 Å². The first-order valence-electron chi connectivity index (χ1n) is 5.19. The topological polar surface area (TPSA) is 59.6 Å². The summed E-state index contributed by atoms with van der Waals surface area (Å²) in [5, 5.41) is 8.76. The lowest BCUT2D eigenvalue weighted by atomic mass is 10.1. The lowest BCUT2D eigenvalue weighted by Crippen LogP contribution is -2.12. The molecule has 0 radical (unpaired) electrons. The molecule has 0 saturated heterocycles. The van der Waals surface area contributed by atoms with E-state index in [0.717, 1.165) is 12.8 Å². The summed E-state index contributed by atoms with van der Waals surface area (Å²) in [7, 11) is 0. The Morgan fingerprint density at radius 2 is 2.50 bits per heavy atom. The number of hydrogen-bond acceptors (Lipinski definition) is 4. The highest BCUT2D eigenvalue weighted by Gasteiger charge is 2.17. The molecule has 6 heteroatoms. The zero-order valence-corrected chi connectivity index (χ0v) is 10.6. The van der Waals surface area contributed by atoms with Gasteiger partial charge in [0, 0.05) is 4.88 Å². The van der Waals surface area contributed by atoms with Gasteiger partial charge >= 0.3 is 0 Å². The molecule has 16 heavy (non-hydrogen) atoms. The number of nitrogens with zero attached hydrogens (tertiary/aromatic N) is 2. The van der Waals surface area contributed by atoms with Gasteiger partial charge in [0.2, 0.25) is 5.95 Å². The van der Waals surface area contributed by atoms with Crippen molar-refractivity contribution in [2.24, 2.45) is 0 Å². The van der Waals surface area contributed by atoms with E-state index in [1.54, 1.807) is 11.3 Å². The van der Waals surface area contributed by atoms with Crippen molar-refractivity contribution in [3.63, 3.8) is 0 Å². The van der Waals surface area contributed by atoms with Crippen molar-refractivity contribution in [3.8, 4) is 0 Å². The molecule has 1 unspecified atom stereocenters. The molecule has 0 aromatic carbocycles. The predicted octanol–water partition coefficient (Wildman–Crippen LogP) is 2.97. The van der Waals surface area contributed by atoms with Crippen LogP contribution in [0.3, 0.4) is 0 Å². The van der Waals surface area contributed by atoms with Crippen molar-refractivity contribution in [1.29, 1.82) is 0 Å². The lowest BCUT2D eigenvalue weighted by Gasteiger charge is -2.16. The summed E-state index contributed by atoms with van der Waals surface area (Å²) in [5.41, 5.74) is 5.84. The molecule has 0 aliphatic carbocycles. The number of aromatic amines is 1. The Kier molecular flexibility index (Phi) is 3.40. The third-order valence-corrected chi connectivity index (χ3v) is 3.74. The Hall–Kier alpha value is -1.14. The number of hydrogen-bond donors (Lipinski definition) is 2. The van der Waals surface area contributed by atoms with E-state index in [1.165, 1.54) is 4.88 Å². The number of nitrogen functional groups attached to an aromatic ring is 1. The highest BCUT2D eigenvalue weighted by Crippen LogP contribution is 2.29. The molecule has 0 bridgehead atoms.